The van der Waals surface area contributed by atoms with Crippen LogP contribution in [0.2, 0.25) is 0 Å². The molecule has 0 spiro atoms. The summed E-state index contributed by atoms with van der Waals surface area (Å²) in [6.07, 6.45) is 0. The molecule has 0 aliphatic carbocycles. The number of alkyl halides is 2. The van der Waals surface area contributed by atoms with E-state index < -0.39 is 29.9 Å². The van der Waals surface area contributed by atoms with Gasteiger partial charge in [-0.1, -0.05) is 11.3 Å². The lowest BCUT2D eigenvalue weighted by molar-refractivity contribution is -0.380. The lowest BCUT2D eigenvalue weighted by Gasteiger charge is -2.11. The van der Waals surface area contributed by atoms with Crippen molar-refractivity contribution < 1.29 is 32.8 Å². The van der Waals surface area contributed by atoms with Crippen molar-refractivity contribution in [3.63, 3.8) is 0 Å². The number of nitrogens with zero attached hydrogens (tertiary/aromatic N) is 2. The second-order valence-corrected chi connectivity index (χ2v) is 7.45. The number of hydrogen-bond acceptors (Lipinski definition) is 7. The number of halogens is 2. The Kier molecular flexibility index (Phi) is 6.44. The number of benzene rings is 1. The number of ether oxygens (including phenoxy) is 2. The number of hydrogen-bond donors (Lipinski definition) is 0. The summed E-state index contributed by atoms with van der Waals surface area (Å²) in [6, 6.07) is 10.0. The highest BCUT2D eigenvalue weighted by Gasteiger charge is 2.21. The fourth-order valence-electron chi connectivity index (χ4n) is 3.03. The van der Waals surface area contributed by atoms with Gasteiger partial charge in [0.15, 0.2) is 6.61 Å². The number of rotatable bonds is 8. The van der Waals surface area contributed by atoms with Crippen LogP contribution in [0.5, 0.6) is 5.75 Å². The van der Waals surface area contributed by atoms with E-state index in [1.807, 2.05) is 0 Å². The predicted molar refractivity (Wildman–Crippen MR) is 107 cm³/mol. The number of aryl methyl sites for hydroxylation is 1. The molecule has 0 unspecified atom stereocenters. The highest BCUT2D eigenvalue weighted by Crippen LogP contribution is 2.26. The standard InChI is InChI=1S/C20H16F2N2O6S/c1-11-9-15(12(2)23(11)13-3-5-14(6-4-13)30-20(21)22)16(25)10-29-19(26)17-7-8-18(31-17)24(27)28/h3-9,20H,10H2,1-2H3. The van der Waals surface area contributed by atoms with Crippen LogP contribution in [-0.4, -0.2) is 34.5 Å². The van der Waals surface area contributed by atoms with Crippen LogP contribution in [0.25, 0.3) is 5.69 Å². The SMILES string of the molecule is Cc1cc(C(=O)COC(=O)c2ccc([N+](=O)[O-])s2)c(C)n1-c1ccc(OC(F)F)cc1. The minimum atomic E-state index is -2.92. The van der Waals surface area contributed by atoms with Crippen LogP contribution in [0, 0.1) is 24.0 Å². The summed E-state index contributed by atoms with van der Waals surface area (Å²) in [5.41, 5.74) is 2.25. The van der Waals surface area contributed by atoms with Gasteiger partial charge < -0.3 is 14.0 Å². The maximum absolute atomic E-state index is 12.6. The number of esters is 1. The highest BCUT2D eigenvalue weighted by atomic mass is 32.1. The van der Waals surface area contributed by atoms with Crippen molar-refractivity contribution in [2.75, 3.05) is 6.61 Å². The molecule has 0 saturated carbocycles. The first-order valence-electron chi connectivity index (χ1n) is 8.86. The molecule has 2 aromatic heterocycles. The van der Waals surface area contributed by atoms with E-state index in [4.69, 9.17) is 4.74 Å². The molecule has 0 fully saturated rings. The van der Waals surface area contributed by atoms with Gasteiger partial charge in [0.1, 0.15) is 10.6 Å². The fraction of sp³-hybridized carbons (Fsp3) is 0.200. The molecule has 0 aliphatic rings. The minimum absolute atomic E-state index is 0.0123. The van der Waals surface area contributed by atoms with Gasteiger partial charge in [-0.15, -0.1) is 0 Å². The zero-order valence-electron chi connectivity index (χ0n) is 16.3. The zero-order chi connectivity index (χ0) is 22.7. The predicted octanol–water partition coefficient (Wildman–Crippen LogP) is 4.70. The van der Waals surface area contributed by atoms with Crippen molar-refractivity contribution in [1.82, 2.24) is 4.57 Å². The molecule has 0 bridgehead atoms. The van der Waals surface area contributed by atoms with Gasteiger partial charge in [0.25, 0.3) is 0 Å². The summed E-state index contributed by atoms with van der Waals surface area (Å²) >= 11 is 0.662. The lowest BCUT2D eigenvalue weighted by Crippen LogP contribution is -2.14. The third-order valence-electron chi connectivity index (χ3n) is 4.36. The normalized spacial score (nSPS) is 10.9. The average Bonchev–Trinajstić information content (AvgIpc) is 3.32. The molecule has 3 rings (SSSR count). The number of thiophene rings is 1. The molecule has 0 amide bonds. The van der Waals surface area contributed by atoms with Gasteiger partial charge in [-0.25, -0.2) is 4.79 Å². The number of ketones is 1. The molecule has 0 radical (unpaired) electrons. The van der Waals surface area contributed by atoms with Crippen molar-refractivity contribution in [2.45, 2.75) is 20.5 Å². The van der Waals surface area contributed by atoms with Crippen molar-refractivity contribution in [3.05, 3.63) is 74.4 Å². The number of carbonyl (C=O) groups excluding carboxylic acids is 2. The zero-order valence-corrected chi connectivity index (χ0v) is 17.2. The van der Waals surface area contributed by atoms with Gasteiger partial charge in [0.2, 0.25) is 5.78 Å². The van der Waals surface area contributed by atoms with Crippen molar-refractivity contribution >= 4 is 28.1 Å². The van der Waals surface area contributed by atoms with E-state index >= 15 is 0 Å². The van der Waals surface area contributed by atoms with Crippen LogP contribution in [0.3, 0.4) is 0 Å². The molecule has 1 aromatic carbocycles. The van der Waals surface area contributed by atoms with Gasteiger partial charge in [0.05, 0.1) is 4.92 Å². The van der Waals surface area contributed by atoms with E-state index in [9.17, 15) is 28.5 Å². The van der Waals surface area contributed by atoms with Gasteiger partial charge in [-0.2, -0.15) is 8.78 Å². The first-order valence-corrected chi connectivity index (χ1v) is 9.67. The van der Waals surface area contributed by atoms with E-state index in [1.54, 1.807) is 36.6 Å². The summed E-state index contributed by atoms with van der Waals surface area (Å²) in [7, 11) is 0. The fourth-order valence-corrected chi connectivity index (χ4v) is 3.75. The minimum Gasteiger partial charge on any atom is -0.453 e. The first-order chi connectivity index (χ1) is 14.7. The molecular weight excluding hydrogens is 434 g/mol. The van der Waals surface area contributed by atoms with Crippen molar-refractivity contribution in [1.29, 1.82) is 0 Å². The van der Waals surface area contributed by atoms with E-state index in [-0.39, 0.29) is 15.6 Å². The molecule has 3 aromatic rings. The maximum Gasteiger partial charge on any atom is 0.387 e. The smallest absolute Gasteiger partial charge is 0.387 e. The van der Waals surface area contributed by atoms with Crippen molar-refractivity contribution in [2.24, 2.45) is 0 Å². The van der Waals surface area contributed by atoms with Crippen LogP contribution < -0.4 is 4.74 Å². The highest BCUT2D eigenvalue weighted by molar-refractivity contribution is 7.17. The third kappa shape index (κ3) is 4.94. The molecule has 8 nitrogen and oxygen atoms in total. The van der Waals surface area contributed by atoms with E-state index in [0.29, 0.717) is 34.0 Å². The largest absolute Gasteiger partial charge is 0.453 e. The van der Waals surface area contributed by atoms with Gasteiger partial charge in [-0.3, -0.25) is 14.9 Å². The van der Waals surface area contributed by atoms with Crippen LogP contribution in [-0.2, 0) is 4.74 Å². The van der Waals surface area contributed by atoms with Gasteiger partial charge >= 0.3 is 17.6 Å². The molecule has 0 saturated heterocycles. The molecule has 0 aliphatic heterocycles. The Morgan fingerprint density at radius 3 is 2.42 bits per heavy atom. The third-order valence-corrected chi connectivity index (χ3v) is 5.38. The van der Waals surface area contributed by atoms with E-state index in [1.165, 1.54) is 24.3 Å². The molecule has 162 valence electrons. The number of Topliss-reactive ketones (excluding diaryl/α,β-unsaturated/α-hetero) is 1. The van der Waals surface area contributed by atoms with Crippen molar-refractivity contribution in [3.8, 4) is 11.4 Å². The number of nitro groups is 1. The topological polar surface area (TPSA) is 101 Å². The Labute approximate surface area is 178 Å². The Morgan fingerprint density at radius 2 is 1.84 bits per heavy atom. The Balaban J connectivity index is 1.72. The lowest BCUT2D eigenvalue weighted by atomic mass is 10.1. The molecule has 2 heterocycles. The Hall–Kier alpha value is -3.60. The molecular formula is C20H16F2N2O6S. The van der Waals surface area contributed by atoms with Crippen LogP contribution >= 0.6 is 11.3 Å². The monoisotopic (exact) mass is 450 g/mol. The van der Waals surface area contributed by atoms with E-state index in [0.717, 1.165) is 0 Å². The maximum atomic E-state index is 12.6. The van der Waals surface area contributed by atoms with Crippen LogP contribution in [0.1, 0.15) is 31.4 Å². The number of aromatic nitrogens is 1. The molecule has 0 N–H and O–H groups in total. The first kappa shape index (κ1) is 22.1. The van der Waals surface area contributed by atoms with Gasteiger partial charge in [-0.05, 0) is 50.2 Å². The Morgan fingerprint density at radius 1 is 1.16 bits per heavy atom. The summed E-state index contributed by atoms with van der Waals surface area (Å²) in [6.45, 7) is 0.0159. The summed E-state index contributed by atoms with van der Waals surface area (Å²) in [5, 5.41) is 10.5. The molecule has 11 heteroatoms. The summed E-state index contributed by atoms with van der Waals surface area (Å²) in [4.78, 5) is 34.8. The molecule has 0 atom stereocenters. The average molecular weight is 450 g/mol. The van der Waals surface area contributed by atoms with Crippen LogP contribution in [0.15, 0.2) is 42.5 Å². The second-order valence-electron chi connectivity index (χ2n) is 6.39. The van der Waals surface area contributed by atoms with E-state index in [2.05, 4.69) is 4.74 Å². The number of carbonyl (C=O) groups is 2. The molecule has 31 heavy (non-hydrogen) atoms. The quantitative estimate of drug-likeness (QED) is 0.213. The van der Waals surface area contributed by atoms with Gasteiger partial charge in [0, 0.05) is 28.7 Å². The Bertz CT molecular complexity index is 1140. The summed E-state index contributed by atoms with van der Waals surface area (Å²) < 4.78 is 35.7. The van der Waals surface area contributed by atoms with Crippen LogP contribution in [0.4, 0.5) is 13.8 Å². The summed E-state index contributed by atoms with van der Waals surface area (Å²) in [5.74, 6) is -1.26. The second kappa shape index (κ2) is 9.04.